The summed E-state index contributed by atoms with van der Waals surface area (Å²) in [4.78, 5) is 0. The highest BCUT2D eigenvalue weighted by Gasteiger charge is 2.42. The van der Waals surface area contributed by atoms with E-state index in [1.807, 2.05) is 6.07 Å². The van der Waals surface area contributed by atoms with Crippen molar-refractivity contribution >= 4 is 0 Å². The molecule has 1 nitrogen and oxygen atoms in total. The second-order valence-electron chi connectivity index (χ2n) is 6.41. The number of aryl methyl sites for hydroxylation is 1. The molecule has 1 fully saturated rings. The third kappa shape index (κ3) is 3.42. The van der Waals surface area contributed by atoms with Crippen LogP contribution in [0.3, 0.4) is 0 Å². The van der Waals surface area contributed by atoms with E-state index in [1.165, 1.54) is 11.1 Å². The molecule has 1 aromatic rings. The van der Waals surface area contributed by atoms with E-state index in [-0.39, 0.29) is 12.5 Å². The van der Waals surface area contributed by atoms with Gasteiger partial charge in [-0.3, -0.25) is 0 Å². The van der Waals surface area contributed by atoms with Crippen molar-refractivity contribution in [3.05, 3.63) is 35.4 Å². The highest BCUT2D eigenvalue weighted by atomic mass is 19.4. The SMILES string of the molecule is FC(F)(F)C1CCCC(CC2CCCc3ccccc32)N1. The predicted molar refractivity (Wildman–Crippen MR) is 77.4 cm³/mol. The van der Waals surface area contributed by atoms with E-state index in [1.54, 1.807) is 0 Å². The fourth-order valence-electron chi connectivity index (χ4n) is 3.91. The fourth-order valence-corrected chi connectivity index (χ4v) is 3.91. The van der Waals surface area contributed by atoms with Gasteiger partial charge >= 0.3 is 6.18 Å². The van der Waals surface area contributed by atoms with Gasteiger partial charge in [0.25, 0.3) is 0 Å². The molecular formula is C17H22F3N. The first-order valence-corrected chi connectivity index (χ1v) is 7.94. The third-order valence-electron chi connectivity index (χ3n) is 4.94. The summed E-state index contributed by atoms with van der Waals surface area (Å²) < 4.78 is 38.6. The molecule has 21 heavy (non-hydrogen) atoms. The Kier molecular flexibility index (Phi) is 4.25. The summed E-state index contributed by atoms with van der Waals surface area (Å²) in [6.07, 6.45) is 1.86. The number of nitrogens with one attached hydrogen (secondary N) is 1. The van der Waals surface area contributed by atoms with Gasteiger partial charge in [-0.1, -0.05) is 30.7 Å². The van der Waals surface area contributed by atoms with Gasteiger partial charge in [0.2, 0.25) is 0 Å². The van der Waals surface area contributed by atoms with Crippen molar-refractivity contribution in [2.75, 3.05) is 0 Å². The molecule has 1 aliphatic heterocycles. The summed E-state index contributed by atoms with van der Waals surface area (Å²) in [7, 11) is 0. The van der Waals surface area contributed by atoms with E-state index >= 15 is 0 Å². The number of hydrogen-bond donors (Lipinski definition) is 1. The minimum absolute atomic E-state index is 0.00142. The quantitative estimate of drug-likeness (QED) is 0.843. The molecule has 0 saturated carbocycles. The smallest absolute Gasteiger partial charge is 0.303 e. The highest BCUT2D eigenvalue weighted by molar-refractivity contribution is 5.32. The van der Waals surface area contributed by atoms with Gasteiger partial charge in [0.1, 0.15) is 6.04 Å². The zero-order valence-corrected chi connectivity index (χ0v) is 12.1. The normalized spacial score (nSPS) is 30.0. The van der Waals surface area contributed by atoms with Crippen LogP contribution in [0.15, 0.2) is 24.3 Å². The van der Waals surface area contributed by atoms with E-state index in [0.29, 0.717) is 12.3 Å². The lowest BCUT2D eigenvalue weighted by Gasteiger charge is -2.35. The van der Waals surface area contributed by atoms with Gasteiger partial charge in [-0.15, -0.1) is 0 Å². The van der Waals surface area contributed by atoms with Crippen LogP contribution in [0.4, 0.5) is 13.2 Å². The average molecular weight is 297 g/mol. The zero-order chi connectivity index (χ0) is 14.9. The Balaban J connectivity index is 1.67. The van der Waals surface area contributed by atoms with Crippen LogP contribution in [0, 0.1) is 0 Å². The Hall–Kier alpha value is -1.03. The molecule has 1 N–H and O–H groups in total. The number of halogens is 3. The van der Waals surface area contributed by atoms with Crippen molar-refractivity contribution < 1.29 is 13.2 Å². The first kappa shape index (κ1) is 14.9. The topological polar surface area (TPSA) is 12.0 Å². The average Bonchev–Trinajstić information content (AvgIpc) is 2.47. The number of alkyl halides is 3. The second kappa shape index (κ2) is 5.99. The highest BCUT2D eigenvalue weighted by Crippen LogP contribution is 2.37. The largest absolute Gasteiger partial charge is 0.403 e. The molecule has 0 aromatic heterocycles. The summed E-state index contributed by atoms with van der Waals surface area (Å²) in [6.45, 7) is 0. The van der Waals surface area contributed by atoms with Crippen LogP contribution < -0.4 is 5.32 Å². The monoisotopic (exact) mass is 297 g/mol. The summed E-state index contributed by atoms with van der Waals surface area (Å²) in [5, 5.41) is 2.85. The summed E-state index contributed by atoms with van der Waals surface area (Å²) >= 11 is 0. The van der Waals surface area contributed by atoms with Gasteiger partial charge < -0.3 is 5.32 Å². The van der Waals surface area contributed by atoms with Crippen molar-refractivity contribution in [2.45, 2.75) is 69.1 Å². The van der Waals surface area contributed by atoms with Gasteiger partial charge in [0, 0.05) is 6.04 Å². The van der Waals surface area contributed by atoms with Gasteiger partial charge in [-0.05, 0) is 55.6 Å². The van der Waals surface area contributed by atoms with Crippen LogP contribution in [-0.2, 0) is 6.42 Å². The minimum Gasteiger partial charge on any atom is -0.303 e. The molecule has 0 spiro atoms. The number of hydrogen-bond acceptors (Lipinski definition) is 1. The molecule has 4 heteroatoms. The van der Waals surface area contributed by atoms with E-state index < -0.39 is 12.2 Å². The van der Waals surface area contributed by atoms with Gasteiger partial charge in [-0.2, -0.15) is 13.2 Å². The molecule has 0 radical (unpaired) electrons. The molecule has 2 aliphatic rings. The maximum atomic E-state index is 12.9. The standard InChI is InChI=1S/C17H22F3N/c18-17(19,20)16-10-4-8-14(21-16)11-13-7-3-6-12-5-1-2-9-15(12)13/h1-2,5,9,13-14,16,21H,3-4,6-8,10-11H2. The Morgan fingerprint density at radius 3 is 2.67 bits per heavy atom. The molecule has 0 amide bonds. The molecular weight excluding hydrogens is 275 g/mol. The number of rotatable bonds is 2. The second-order valence-corrected chi connectivity index (χ2v) is 6.41. The summed E-state index contributed by atoms with van der Waals surface area (Å²) in [6, 6.07) is 7.11. The molecule has 1 aromatic carbocycles. The lowest BCUT2D eigenvalue weighted by molar-refractivity contribution is -0.163. The van der Waals surface area contributed by atoms with Crippen LogP contribution in [-0.4, -0.2) is 18.3 Å². The minimum atomic E-state index is -4.11. The molecule has 3 unspecified atom stereocenters. The number of piperidine rings is 1. The molecule has 1 saturated heterocycles. The molecule has 116 valence electrons. The first-order chi connectivity index (χ1) is 10.0. The Labute approximate surface area is 123 Å². The maximum Gasteiger partial charge on any atom is 0.403 e. The van der Waals surface area contributed by atoms with Gasteiger partial charge in [0.15, 0.2) is 0 Å². The lowest BCUT2D eigenvalue weighted by atomic mass is 9.78. The van der Waals surface area contributed by atoms with Crippen molar-refractivity contribution in [3.8, 4) is 0 Å². The summed E-state index contributed by atoms with van der Waals surface area (Å²) in [5.41, 5.74) is 2.75. The lowest BCUT2D eigenvalue weighted by Crippen LogP contribution is -2.50. The molecule has 3 atom stereocenters. The number of fused-ring (bicyclic) bond motifs is 1. The van der Waals surface area contributed by atoms with Crippen molar-refractivity contribution in [1.29, 1.82) is 0 Å². The Morgan fingerprint density at radius 1 is 1.05 bits per heavy atom. The molecule has 1 heterocycles. The van der Waals surface area contributed by atoms with Gasteiger partial charge in [-0.25, -0.2) is 0 Å². The van der Waals surface area contributed by atoms with Crippen LogP contribution in [0.25, 0.3) is 0 Å². The zero-order valence-electron chi connectivity index (χ0n) is 12.1. The van der Waals surface area contributed by atoms with Crippen LogP contribution in [0.1, 0.15) is 55.6 Å². The van der Waals surface area contributed by atoms with E-state index in [9.17, 15) is 13.2 Å². The van der Waals surface area contributed by atoms with E-state index in [4.69, 9.17) is 0 Å². The van der Waals surface area contributed by atoms with Crippen molar-refractivity contribution in [2.24, 2.45) is 0 Å². The Morgan fingerprint density at radius 2 is 1.86 bits per heavy atom. The third-order valence-corrected chi connectivity index (χ3v) is 4.94. The van der Waals surface area contributed by atoms with Crippen LogP contribution in [0.2, 0.25) is 0 Å². The van der Waals surface area contributed by atoms with Gasteiger partial charge in [0.05, 0.1) is 0 Å². The fraction of sp³-hybridized carbons (Fsp3) is 0.647. The van der Waals surface area contributed by atoms with Crippen LogP contribution >= 0.6 is 0 Å². The molecule has 3 rings (SSSR count). The molecule has 1 aliphatic carbocycles. The van der Waals surface area contributed by atoms with Crippen molar-refractivity contribution in [1.82, 2.24) is 5.32 Å². The van der Waals surface area contributed by atoms with Crippen LogP contribution in [0.5, 0.6) is 0 Å². The van der Waals surface area contributed by atoms with E-state index in [2.05, 4.69) is 23.5 Å². The first-order valence-electron chi connectivity index (χ1n) is 7.94. The van der Waals surface area contributed by atoms with Crippen molar-refractivity contribution in [3.63, 3.8) is 0 Å². The van der Waals surface area contributed by atoms with E-state index in [0.717, 1.165) is 32.1 Å². The predicted octanol–water partition coefficient (Wildman–Crippen LogP) is 4.57. The molecule has 0 bridgehead atoms. The number of benzene rings is 1. The summed E-state index contributed by atoms with van der Waals surface area (Å²) in [5.74, 6) is 0.416. The Bertz CT molecular complexity index is 483. The maximum absolute atomic E-state index is 12.9.